The van der Waals surface area contributed by atoms with Gasteiger partial charge in [0.1, 0.15) is 10.1 Å². The van der Waals surface area contributed by atoms with Gasteiger partial charge in [-0.1, -0.05) is 23.1 Å². The Morgan fingerprint density at radius 1 is 1.37 bits per heavy atom. The summed E-state index contributed by atoms with van der Waals surface area (Å²) in [6, 6.07) is 0. The molecule has 5 nitrogen and oxygen atoms in total. The number of rotatable bonds is 3. The standard InChI is InChI=1S/C11H16N5S2.ClH/c1-4-5-6-9-15-10(17-7(2)13-15)12-11-16(9)14-8(3)18-11;/h9H,4-6H2,1-3H3;1H/q+1;/p-1. The molecule has 0 radical (unpaired) electrons. The highest BCUT2D eigenvalue weighted by molar-refractivity contribution is 8.26. The molecular formula is C11H16ClN5S2. The Kier molecular flexibility index (Phi) is 4.47. The number of hydrogen-bond donors (Lipinski definition) is 0. The number of hydrazone groups is 1. The molecule has 0 fully saturated rings. The maximum absolute atomic E-state index is 4.65. The molecule has 2 aliphatic rings. The molecule has 8 heteroatoms. The lowest BCUT2D eigenvalue weighted by Gasteiger charge is -2.22. The number of amidine groups is 1. The summed E-state index contributed by atoms with van der Waals surface area (Å²) in [7, 11) is 0. The van der Waals surface area contributed by atoms with E-state index in [1.165, 1.54) is 12.8 Å². The first-order valence-electron chi connectivity index (χ1n) is 6.19. The molecule has 104 valence electrons. The molecular weight excluding hydrogens is 302 g/mol. The Morgan fingerprint density at radius 2 is 2.16 bits per heavy atom. The molecule has 1 aromatic heterocycles. The predicted octanol–water partition coefficient (Wildman–Crippen LogP) is -0.185. The average molecular weight is 318 g/mol. The number of hydrogen-bond acceptors (Lipinski definition) is 6. The summed E-state index contributed by atoms with van der Waals surface area (Å²) in [6.07, 6.45) is 3.62. The highest BCUT2D eigenvalue weighted by atomic mass is 35.5. The van der Waals surface area contributed by atoms with E-state index in [1.807, 2.05) is 23.5 Å². The van der Waals surface area contributed by atoms with Gasteiger partial charge in [-0.3, -0.25) is 0 Å². The fourth-order valence-electron chi connectivity index (χ4n) is 2.14. The number of aliphatic imine (C=N–C) groups is 1. The summed E-state index contributed by atoms with van der Waals surface area (Å²) in [5.74, 6) is 0. The Morgan fingerprint density at radius 3 is 2.89 bits per heavy atom. The van der Waals surface area contributed by atoms with Gasteiger partial charge in [0, 0.05) is 11.4 Å². The lowest BCUT2D eigenvalue weighted by Crippen LogP contribution is -3.00. The van der Waals surface area contributed by atoms with Gasteiger partial charge >= 0.3 is 10.3 Å². The van der Waals surface area contributed by atoms with Crippen molar-refractivity contribution in [2.75, 3.05) is 0 Å². The zero-order valence-corrected chi connectivity index (χ0v) is 13.5. The molecule has 3 heterocycles. The first-order valence-corrected chi connectivity index (χ1v) is 7.82. The van der Waals surface area contributed by atoms with Gasteiger partial charge in [-0.15, -0.1) is 0 Å². The van der Waals surface area contributed by atoms with Gasteiger partial charge in [-0.05, 0) is 43.4 Å². The van der Waals surface area contributed by atoms with Gasteiger partial charge in [0.2, 0.25) is 6.17 Å². The van der Waals surface area contributed by atoms with Crippen molar-refractivity contribution in [1.82, 2.24) is 10.1 Å². The molecule has 0 aliphatic carbocycles. The summed E-state index contributed by atoms with van der Waals surface area (Å²) in [4.78, 5) is 4.65. The molecule has 0 saturated heterocycles. The van der Waals surface area contributed by atoms with Crippen LogP contribution in [-0.2, 0) is 0 Å². The van der Waals surface area contributed by atoms with E-state index in [9.17, 15) is 0 Å². The molecule has 19 heavy (non-hydrogen) atoms. The molecule has 1 aromatic rings. The van der Waals surface area contributed by atoms with Crippen molar-refractivity contribution >= 4 is 38.4 Å². The summed E-state index contributed by atoms with van der Waals surface area (Å²) >= 11 is 3.30. The molecule has 3 rings (SSSR count). The van der Waals surface area contributed by atoms with Crippen molar-refractivity contribution in [3.05, 3.63) is 5.01 Å². The minimum atomic E-state index is 0. The SMILES string of the molecule is CCCCC1N2N=C(C)SC2=Nc2sc(C)n[n+]21.[Cl-]. The Hall–Kier alpha value is -0.660. The second kappa shape index (κ2) is 5.76. The monoisotopic (exact) mass is 317 g/mol. The van der Waals surface area contributed by atoms with Crippen molar-refractivity contribution in [3.8, 4) is 0 Å². The Balaban J connectivity index is 0.00000133. The third-order valence-corrected chi connectivity index (χ3v) is 4.61. The van der Waals surface area contributed by atoms with Crippen LogP contribution in [0.4, 0.5) is 5.13 Å². The topological polar surface area (TPSA) is 44.7 Å². The second-order valence-electron chi connectivity index (χ2n) is 4.43. The van der Waals surface area contributed by atoms with E-state index in [2.05, 4.69) is 22.1 Å². The smallest absolute Gasteiger partial charge is 0.409 e. The normalized spacial score (nSPS) is 20.4. The van der Waals surface area contributed by atoms with E-state index >= 15 is 0 Å². The minimum Gasteiger partial charge on any atom is -1.00 e. The van der Waals surface area contributed by atoms with E-state index in [1.54, 1.807) is 23.1 Å². The molecule has 0 amide bonds. The lowest BCUT2D eigenvalue weighted by molar-refractivity contribution is -0.780. The molecule has 0 bridgehead atoms. The van der Waals surface area contributed by atoms with Crippen molar-refractivity contribution < 1.29 is 17.1 Å². The zero-order valence-electron chi connectivity index (χ0n) is 11.1. The minimum absolute atomic E-state index is 0. The van der Waals surface area contributed by atoms with Crippen LogP contribution in [0.25, 0.3) is 0 Å². The highest BCUT2D eigenvalue weighted by Gasteiger charge is 2.43. The lowest BCUT2D eigenvalue weighted by atomic mass is 10.2. The van der Waals surface area contributed by atoms with E-state index in [-0.39, 0.29) is 18.6 Å². The van der Waals surface area contributed by atoms with Gasteiger partial charge in [0.05, 0.1) is 0 Å². The molecule has 1 unspecified atom stereocenters. The van der Waals surface area contributed by atoms with Gasteiger partial charge in [-0.25, -0.2) is 0 Å². The predicted molar refractivity (Wildman–Crippen MR) is 75.2 cm³/mol. The Labute approximate surface area is 127 Å². The molecule has 0 spiro atoms. The van der Waals surface area contributed by atoms with Crippen LogP contribution in [0, 0.1) is 6.92 Å². The van der Waals surface area contributed by atoms with Crippen LogP contribution in [0.15, 0.2) is 10.1 Å². The van der Waals surface area contributed by atoms with Gasteiger partial charge < -0.3 is 12.4 Å². The van der Waals surface area contributed by atoms with Crippen LogP contribution in [-0.4, -0.2) is 20.3 Å². The highest BCUT2D eigenvalue weighted by Crippen LogP contribution is 2.35. The maximum Gasteiger partial charge on any atom is 0.409 e. The van der Waals surface area contributed by atoms with Crippen LogP contribution >= 0.6 is 23.1 Å². The maximum atomic E-state index is 4.65. The number of aromatic nitrogens is 2. The number of unbranched alkanes of at least 4 members (excludes halogenated alkanes) is 1. The van der Waals surface area contributed by atoms with Crippen LogP contribution in [0.2, 0.25) is 0 Å². The fourth-order valence-corrected chi connectivity index (χ4v) is 3.76. The quantitative estimate of drug-likeness (QED) is 0.726. The number of nitrogens with zero attached hydrogens (tertiary/aromatic N) is 5. The third-order valence-electron chi connectivity index (χ3n) is 2.94. The van der Waals surface area contributed by atoms with Crippen LogP contribution in [0.5, 0.6) is 0 Å². The van der Waals surface area contributed by atoms with Crippen LogP contribution < -0.4 is 17.1 Å². The Bertz CT molecular complexity index is 539. The van der Waals surface area contributed by atoms with Crippen molar-refractivity contribution in [3.63, 3.8) is 0 Å². The number of fused-ring (bicyclic) bond motifs is 2. The summed E-state index contributed by atoms with van der Waals surface area (Å²) in [5.41, 5.74) is 0. The average Bonchev–Trinajstić information content (AvgIpc) is 2.85. The molecule has 0 N–H and O–H groups in total. The van der Waals surface area contributed by atoms with Gasteiger partial charge in [0.15, 0.2) is 0 Å². The van der Waals surface area contributed by atoms with E-state index in [0.717, 1.165) is 26.8 Å². The molecule has 1 atom stereocenters. The fraction of sp³-hybridized carbons (Fsp3) is 0.636. The van der Waals surface area contributed by atoms with Crippen LogP contribution in [0.1, 0.15) is 44.3 Å². The van der Waals surface area contributed by atoms with Crippen molar-refractivity contribution in [2.24, 2.45) is 10.1 Å². The van der Waals surface area contributed by atoms with Gasteiger partial charge in [-0.2, -0.15) is 10.1 Å². The number of thioether (sulfide) groups is 1. The summed E-state index contributed by atoms with van der Waals surface area (Å²) < 4.78 is 2.03. The van der Waals surface area contributed by atoms with E-state index in [0.29, 0.717) is 0 Å². The van der Waals surface area contributed by atoms with Gasteiger partial charge in [0.25, 0.3) is 0 Å². The molecule has 2 aliphatic heterocycles. The largest absolute Gasteiger partial charge is 1.00 e. The third kappa shape index (κ3) is 2.64. The zero-order chi connectivity index (χ0) is 12.7. The number of halogens is 1. The number of aryl methyl sites for hydroxylation is 1. The first kappa shape index (κ1) is 14.7. The van der Waals surface area contributed by atoms with E-state index in [4.69, 9.17) is 0 Å². The second-order valence-corrected chi connectivity index (χ2v) is 6.75. The molecule has 0 saturated carbocycles. The molecule has 0 aromatic carbocycles. The van der Waals surface area contributed by atoms with E-state index < -0.39 is 0 Å². The summed E-state index contributed by atoms with van der Waals surface area (Å²) in [5, 5.41) is 15.3. The first-order chi connectivity index (χ1) is 8.69. The van der Waals surface area contributed by atoms with Crippen LogP contribution in [0.3, 0.4) is 0 Å². The summed E-state index contributed by atoms with van der Waals surface area (Å²) in [6.45, 7) is 6.27. The van der Waals surface area contributed by atoms with Crippen molar-refractivity contribution in [2.45, 2.75) is 46.2 Å². The van der Waals surface area contributed by atoms with Crippen molar-refractivity contribution in [1.29, 1.82) is 0 Å².